The van der Waals surface area contributed by atoms with Gasteiger partial charge in [0.2, 0.25) is 0 Å². The standard InChI is InChI=1S/C19H14F4O2/c1-2-24-13-8-17(21)15(18(22)9-13)10-25-12-4-5-14-11(7-12)3-6-16(20)19(14)23/h3-9H,2,10H2,1H3. The molecule has 0 aliphatic carbocycles. The maximum Gasteiger partial charge on any atom is 0.166 e. The lowest BCUT2D eigenvalue weighted by Crippen LogP contribution is -2.03. The average molecular weight is 350 g/mol. The van der Waals surface area contributed by atoms with Crippen LogP contribution in [-0.2, 0) is 6.61 Å². The molecule has 3 aromatic rings. The molecule has 0 radical (unpaired) electrons. The number of hydrogen-bond acceptors (Lipinski definition) is 2. The third-order valence-corrected chi connectivity index (χ3v) is 3.69. The van der Waals surface area contributed by atoms with Crippen LogP contribution in [0.15, 0.2) is 42.5 Å². The summed E-state index contributed by atoms with van der Waals surface area (Å²) < 4.78 is 65.3. The highest BCUT2D eigenvalue weighted by molar-refractivity contribution is 5.84. The maximum atomic E-state index is 14.0. The van der Waals surface area contributed by atoms with Gasteiger partial charge in [-0.15, -0.1) is 0 Å². The first-order valence-electron chi connectivity index (χ1n) is 7.61. The molecular weight excluding hydrogens is 336 g/mol. The van der Waals surface area contributed by atoms with Crippen LogP contribution in [0.1, 0.15) is 12.5 Å². The van der Waals surface area contributed by atoms with Crippen LogP contribution in [0.2, 0.25) is 0 Å². The summed E-state index contributed by atoms with van der Waals surface area (Å²) in [6.45, 7) is 1.66. The molecule has 6 heteroatoms. The second kappa shape index (κ2) is 7.01. The Balaban J connectivity index is 1.82. The van der Waals surface area contributed by atoms with Gasteiger partial charge in [0, 0.05) is 17.5 Å². The van der Waals surface area contributed by atoms with Crippen molar-refractivity contribution in [3.8, 4) is 11.5 Å². The normalized spacial score (nSPS) is 10.9. The van der Waals surface area contributed by atoms with E-state index in [0.29, 0.717) is 12.0 Å². The van der Waals surface area contributed by atoms with E-state index in [4.69, 9.17) is 9.47 Å². The predicted molar refractivity (Wildman–Crippen MR) is 85.7 cm³/mol. The lowest BCUT2D eigenvalue weighted by molar-refractivity contribution is 0.290. The number of benzene rings is 3. The van der Waals surface area contributed by atoms with Crippen molar-refractivity contribution in [1.29, 1.82) is 0 Å². The van der Waals surface area contributed by atoms with E-state index in [2.05, 4.69) is 0 Å². The topological polar surface area (TPSA) is 18.5 Å². The molecule has 0 heterocycles. The van der Waals surface area contributed by atoms with Crippen LogP contribution in [0.4, 0.5) is 17.6 Å². The van der Waals surface area contributed by atoms with Crippen molar-refractivity contribution in [2.45, 2.75) is 13.5 Å². The SMILES string of the molecule is CCOc1cc(F)c(COc2ccc3c(F)c(F)ccc3c2)c(F)c1. The summed E-state index contributed by atoms with van der Waals surface area (Å²) in [7, 11) is 0. The zero-order chi connectivity index (χ0) is 18.0. The number of rotatable bonds is 5. The second-order valence-corrected chi connectivity index (χ2v) is 5.33. The van der Waals surface area contributed by atoms with Gasteiger partial charge in [0.05, 0.1) is 12.2 Å². The van der Waals surface area contributed by atoms with Crippen LogP contribution in [-0.4, -0.2) is 6.61 Å². The highest BCUT2D eigenvalue weighted by Crippen LogP contribution is 2.27. The van der Waals surface area contributed by atoms with Crippen molar-refractivity contribution >= 4 is 10.8 Å². The van der Waals surface area contributed by atoms with Gasteiger partial charge in [0.15, 0.2) is 11.6 Å². The number of halogens is 4. The Morgan fingerprint density at radius 1 is 0.760 bits per heavy atom. The van der Waals surface area contributed by atoms with Crippen LogP contribution >= 0.6 is 0 Å². The summed E-state index contributed by atoms with van der Waals surface area (Å²) in [4.78, 5) is 0. The van der Waals surface area contributed by atoms with Crippen molar-refractivity contribution in [1.82, 2.24) is 0 Å². The lowest BCUT2D eigenvalue weighted by Gasteiger charge is -2.11. The summed E-state index contributed by atoms with van der Waals surface area (Å²) in [5.74, 6) is -3.07. The molecule has 0 atom stereocenters. The smallest absolute Gasteiger partial charge is 0.166 e. The summed E-state index contributed by atoms with van der Waals surface area (Å²) in [6.07, 6.45) is 0. The van der Waals surface area contributed by atoms with Gasteiger partial charge in [-0.25, -0.2) is 17.6 Å². The van der Waals surface area contributed by atoms with Gasteiger partial charge in [-0.3, -0.25) is 0 Å². The minimum absolute atomic E-state index is 0.101. The fourth-order valence-corrected chi connectivity index (χ4v) is 2.46. The Bertz CT molecular complexity index is 902. The molecule has 130 valence electrons. The molecule has 3 rings (SSSR count). The summed E-state index contributed by atoms with van der Waals surface area (Å²) in [6, 6.07) is 8.82. The van der Waals surface area contributed by atoms with Crippen molar-refractivity contribution in [3.63, 3.8) is 0 Å². The van der Waals surface area contributed by atoms with Gasteiger partial charge in [0.1, 0.15) is 29.7 Å². The maximum absolute atomic E-state index is 14.0. The second-order valence-electron chi connectivity index (χ2n) is 5.33. The molecule has 2 nitrogen and oxygen atoms in total. The van der Waals surface area contributed by atoms with E-state index in [9.17, 15) is 17.6 Å². The predicted octanol–water partition coefficient (Wildman–Crippen LogP) is 5.37. The van der Waals surface area contributed by atoms with E-state index >= 15 is 0 Å². The number of hydrogen-bond donors (Lipinski definition) is 0. The van der Waals surface area contributed by atoms with Gasteiger partial charge in [-0.1, -0.05) is 6.07 Å². The van der Waals surface area contributed by atoms with E-state index in [-0.39, 0.29) is 29.1 Å². The highest BCUT2D eigenvalue weighted by Gasteiger charge is 2.13. The Morgan fingerprint density at radius 3 is 2.16 bits per heavy atom. The Labute approximate surface area is 141 Å². The molecule has 0 aromatic heterocycles. The van der Waals surface area contributed by atoms with Crippen LogP contribution < -0.4 is 9.47 Å². The summed E-state index contributed by atoms with van der Waals surface area (Å²) >= 11 is 0. The highest BCUT2D eigenvalue weighted by atomic mass is 19.2. The molecule has 0 fully saturated rings. The largest absolute Gasteiger partial charge is 0.494 e. The van der Waals surface area contributed by atoms with Crippen LogP contribution in [0, 0.1) is 23.3 Å². The van der Waals surface area contributed by atoms with Gasteiger partial charge in [-0.2, -0.15) is 0 Å². The van der Waals surface area contributed by atoms with Crippen molar-refractivity contribution in [3.05, 3.63) is 71.3 Å². The monoisotopic (exact) mass is 350 g/mol. The molecule has 0 bridgehead atoms. The summed E-state index contributed by atoms with van der Waals surface area (Å²) in [5.41, 5.74) is -0.242. The van der Waals surface area contributed by atoms with E-state index in [1.807, 2.05) is 0 Å². The van der Waals surface area contributed by atoms with Crippen LogP contribution in [0.25, 0.3) is 10.8 Å². The molecule has 0 saturated heterocycles. The fourth-order valence-electron chi connectivity index (χ4n) is 2.46. The van der Waals surface area contributed by atoms with E-state index in [1.54, 1.807) is 6.92 Å². The first kappa shape index (κ1) is 17.1. The van der Waals surface area contributed by atoms with Crippen LogP contribution in [0.5, 0.6) is 11.5 Å². The van der Waals surface area contributed by atoms with Crippen LogP contribution in [0.3, 0.4) is 0 Å². The molecule has 0 spiro atoms. The lowest BCUT2D eigenvalue weighted by atomic mass is 10.1. The molecule has 0 saturated carbocycles. The molecule has 3 aromatic carbocycles. The number of ether oxygens (including phenoxy) is 2. The third-order valence-electron chi connectivity index (χ3n) is 3.69. The van der Waals surface area contributed by atoms with E-state index in [0.717, 1.165) is 18.2 Å². The van der Waals surface area contributed by atoms with Gasteiger partial charge >= 0.3 is 0 Å². The van der Waals surface area contributed by atoms with E-state index < -0.39 is 23.3 Å². The van der Waals surface area contributed by atoms with E-state index in [1.165, 1.54) is 24.3 Å². The zero-order valence-electron chi connectivity index (χ0n) is 13.3. The Hall–Kier alpha value is -2.76. The molecule has 25 heavy (non-hydrogen) atoms. The zero-order valence-corrected chi connectivity index (χ0v) is 13.3. The van der Waals surface area contributed by atoms with Gasteiger partial charge < -0.3 is 9.47 Å². The Kier molecular flexibility index (Phi) is 4.79. The first-order chi connectivity index (χ1) is 12.0. The Morgan fingerprint density at radius 2 is 1.48 bits per heavy atom. The molecule has 0 aliphatic rings. The first-order valence-corrected chi connectivity index (χ1v) is 7.61. The molecule has 0 aliphatic heterocycles. The van der Waals surface area contributed by atoms with Crippen molar-refractivity contribution < 1.29 is 27.0 Å². The van der Waals surface area contributed by atoms with Crippen molar-refractivity contribution in [2.75, 3.05) is 6.61 Å². The average Bonchev–Trinajstić information content (AvgIpc) is 2.58. The van der Waals surface area contributed by atoms with Gasteiger partial charge in [0.25, 0.3) is 0 Å². The molecule has 0 unspecified atom stereocenters. The third kappa shape index (κ3) is 3.52. The quantitative estimate of drug-likeness (QED) is 0.576. The van der Waals surface area contributed by atoms with Gasteiger partial charge in [-0.05, 0) is 36.6 Å². The molecular formula is C19H14F4O2. The molecule has 0 amide bonds. The van der Waals surface area contributed by atoms with Crippen molar-refractivity contribution in [2.24, 2.45) is 0 Å². The number of fused-ring (bicyclic) bond motifs is 1. The minimum Gasteiger partial charge on any atom is -0.494 e. The molecule has 0 N–H and O–H groups in total. The minimum atomic E-state index is -0.951. The fraction of sp³-hybridized carbons (Fsp3) is 0.158. The summed E-state index contributed by atoms with van der Waals surface area (Å²) in [5, 5.41) is 0.523.